The Balaban J connectivity index is 3.72. The van der Waals surface area contributed by atoms with Crippen molar-refractivity contribution < 1.29 is 9.59 Å². The fourth-order valence-electron chi connectivity index (χ4n) is 0.593. The molecule has 0 rings (SSSR count). The molecule has 0 bridgehead atoms. The number of rotatable bonds is 4. The Hall–Kier alpha value is -0.900. The third-order valence-corrected chi connectivity index (χ3v) is 1.18. The molecule has 0 fully saturated rings. The smallest absolute Gasteiger partial charge is 0.219 e. The molecule has 0 aromatic carbocycles. The van der Waals surface area contributed by atoms with Crippen molar-refractivity contribution >= 4 is 11.7 Å². The highest BCUT2D eigenvalue weighted by molar-refractivity contribution is 5.88. The van der Waals surface area contributed by atoms with Gasteiger partial charge in [0.1, 0.15) is 5.78 Å². The van der Waals surface area contributed by atoms with Gasteiger partial charge in [0.2, 0.25) is 5.91 Å². The maximum atomic E-state index is 10.7. The topological polar surface area (TPSA) is 86.2 Å². The van der Waals surface area contributed by atoms with Crippen LogP contribution in [0.15, 0.2) is 0 Å². The van der Waals surface area contributed by atoms with Gasteiger partial charge in [-0.25, -0.2) is 0 Å². The van der Waals surface area contributed by atoms with Crippen LogP contribution in [0.25, 0.3) is 0 Å². The van der Waals surface area contributed by atoms with E-state index in [4.69, 9.17) is 11.5 Å². The highest BCUT2D eigenvalue weighted by Crippen LogP contribution is 1.91. The minimum absolute atomic E-state index is 0.0489. The van der Waals surface area contributed by atoms with E-state index in [9.17, 15) is 9.59 Å². The second kappa shape index (κ2) is 4.00. The zero-order valence-corrected chi connectivity index (χ0v) is 5.96. The van der Waals surface area contributed by atoms with Crippen molar-refractivity contribution in [1.82, 2.24) is 0 Å². The highest BCUT2D eigenvalue weighted by Gasteiger charge is 2.12. The van der Waals surface area contributed by atoms with Crippen molar-refractivity contribution in [3.8, 4) is 0 Å². The van der Waals surface area contributed by atoms with Gasteiger partial charge in [0.05, 0.1) is 6.04 Å². The molecule has 4 N–H and O–H groups in total. The maximum absolute atomic E-state index is 10.7. The average Bonchev–Trinajstić information content (AvgIpc) is 1.85. The zero-order chi connectivity index (χ0) is 8.15. The van der Waals surface area contributed by atoms with Gasteiger partial charge < -0.3 is 11.5 Å². The summed E-state index contributed by atoms with van der Waals surface area (Å²) in [5, 5.41) is 0. The standard InChI is InChI=1S/C6H12N2O2/c1-2-5(9)4(7)3-6(8)10/h4H,2-3,7H2,1H3,(H2,8,10)/t4-/m0/s1. The number of carbonyl (C=O) groups excluding carboxylic acids is 2. The number of carbonyl (C=O) groups is 2. The molecule has 0 saturated heterocycles. The Morgan fingerprint density at radius 2 is 2.00 bits per heavy atom. The lowest BCUT2D eigenvalue weighted by Gasteiger charge is -2.04. The van der Waals surface area contributed by atoms with E-state index in [1.54, 1.807) is 6.92 Å². The number of hydrogen-bond donors (Lipinski definition) is 2. The average molecular weight is 144 g/mol. The Labute approximate surface area is 59.6 Å². The van der Waals surface area contributed by atoms with Gasteiger partial charge in [0.15, 0.2) is 0 Å². The first-order chi connectivity index (χ1) is 4.57. The molecule has 4 nitrogen and oxygen atoms in total. The van der Waals surface area contributed by atoms with Crippen molar-refractivity contribution in [2.75, 3.05) is 0 Å². The number of nitrogens with two attached hydrogens (primary N) is 2. The van der Waals surface area contributed by atoms with Crippen LogP contribution in [0.5, 0.6) is 0 Å². The quantitative estimate of drug-likeness (QED) is 0.539. The molecule has 0 aromatic heterocycles. The summed E-state index contributed by atoms with van der Waals surface area (Å²) in [6.45, 7) is 1.70. The second-order valence-corrected chi connectivity index (χ2v) is 2.10. The van der Waals surface area contributed by atoms with Gasteiger partial charge in [0, 0.05) is 12.8 Å². The summed E-state index contributed by atoms with van der Waals surface area (Å²) in [6, 6.07) is -0.706. The van der Waals surface area contributed by atoms with E-state index in [0.29, 0.717) is 6.42 Å². The van der Waals surface area contributed by atoms with E-state index in [1.807, 2.05) is 0 Å². The molecule has 0 aliphatic carbocycles. The first-order valence-corrected chi connectivity index (χ1v) is 3.14. The number of Topliss-reactive ketones (excluding diaryl/α,β-unsaturated/α-hetero) is 1. The van der Waals surface area contributed by atoms with Crippen LogP contribution in [0.3, 0.4) is 0 Å². The summed E-state index contributed by atoms with van der Waals surface area (Å²) < 4.78 is 0. The summed E-state index contributed by atoms with van der Waals surface area (Å²) in [6.07, 6.45) is 0.307. The van der Waals surface area contributed by atoms with Crippen molar-refractivity contribution in [2.24, 2.45) is 11.5 Å². The van der Waals surface area contributed by atoms with E-state index in [0.717, 1.165) is 0 Å². The van der Waals surface area contributed by atoms with Crippen LogP contribution in [0.4, 0.5) is 0 Å². The van der Waals surface area contributed by atoms with Crippen LogP contribution in [-0.4, -0.2) is 17.7 Å². The summed E-state index contributed by atoms with van der Waals surface area (Å²) in [5.41, 5.74) is 10.1. The third kappa shape index (κ3) is 3.19. The summed E-state index contributed by atoms with van der Waals surface area (Å²) in [4.78, 5) is 20.9. The van der Waals surface area contributed by atoms with Crippen molar-refractivity contribution in [1.29, 1.82) is 0 Å². The van der Waals surface area contributed by atoms with E-state index in [1.165, 1.54) is 0 Å². The Morgan fingerprint density at radius 3 is 2.30 bits per heavy atom. The minimum Gasteiger partial charge on any atom is -0.370 e. The largest absolute Gasteiger partial charge is 0.370 e. The number of primary amides is 1. The van der Waals surface area contributed by atoms with Crippen LogP contribution in [-0.2, 0) is 9.59 Å². The monoisotopic (exact) mass is 144 g/mol. The van der Waals surface area contributed by atoms with Crippen molar-refractivity contribution in [3.05, 3.63) is 0 Å². The molecule has 0 saturated carbocycles. The molecule has 0 aliphatic heterocycles. The van der Waals surface area contributed by atoms with Crippen LogP contribution in [0.1, 0.15) is 19.8 Å². The van der Waals surface area contributed by atoms with Gasteiger partial charge in [-0.05, 0) is 0 Å². The molecule has 0 radical (unpaired) electrons. The van der Waals surface area contributed by atoms with E-state index >= 15 is 0 Å². The van der Waals surface area contributed by atoms with Crippen LogP contribution in [0.2, 0.25) is 0 Å². The lowest BCUT2D eigenvalue weighted by Crippen LogP contribution is -2.34. The molecule has 0 aromatic rings. The van der Waals surface area contributed by atoms with Gasteiger partial charge >= 0.3 is 0 Å². The molecule has 10 heavy (non-hydrogen) atoms. The minimum atomic E-state index is -0.706. The normalized spacial score (nSPS) is 12.6. The maximum Gasteiger partial charge on any atom is 0.219 e. The van der Waals surface area contributed by atoms with E-state index in [-0.39, 0.29) is 12.2 Å². The van der Waals surface area contributed by atoms with Gasteiger partial charge in [0.25, 0.3) is 0 Å². The van der Waals surface area contributed by atoms with Crippen molar-refractivity contribution in [2.45, 2.75) is 25.8 Å². The lowest BCUT2D eigenvalue weighted by molar-refractivity contribution is -0.124. The molecule has 58 valence electrons. The Kier molecular flexibility index (Phi) is 3.64. The highest BCUT2D eigenvalue weighted by atomic mass is 16.1. The van der Waals surface area contributed by atoms with E-state index < -0.39 is 11.9 Å². The first-order valence-electron chi connectivity index (χ1n) is 3.14. The van der Waals surface area contributed by atoms with E-state index in [2.05, 4.69) is 0 Å². The molecule has 0 unspecified atom stereocenters. The second-order valence-electron chi connectivity index (χ2n) is 2.10. The Bertz CT molecular complexity index is 145. The predicted molar refractivity (Wildman–Crippen MR) is 37.1 cm³/mol. The zero-order valence-electron chi connectivity index (χ0n) is 5.96. The number of hydrogen-bond acceptors (Lipinski definition) is 3. The molecule has 0 aliphatic rings. The van der Waals surface area contributed by atoms with Gasteiger partial charge in [-0.1, -0.05) is 6.92 Å². The first kappa shape index (κ1) is 9.10. The molecule has 4 heteroatoms. The van der Waals surface area contributed by atoms with Gasteiger partial charge in [-0.3, -0.25) is 9.59 Å². The SMILES string of the molecule is CCC(=O)[C@@H](N)CC(N)=O. The number of ketones is 1. The molecular weight excluding hydrogens is 132 g/mol. The van der Waals surface area contributed by atoms with Crippen LogP contribution >= 0.6 is 0 Å². The lowest BCUT2D eigenvalue weighted by atomic mass is 10.1. The van der Waals surface area contributed by atoms with Gasteiger partial charge in [-0.2, -0.15) is 0 Å². The number of amides is 1. The van der Waals surface area contributed by atoms with Gasteiger partial charge in [-0.15, -0.1) is 0 Å². The molecule has 1 amide bonds. The summed E-state index contributed by atoms with van der Waals surface area (Å²) in [7, 11) is 0. The molecule has 0 heterocycles. The molecule has 1 atom stereocenters. The molecular formula is C6H12N2O2. The summed E-state index contributed by atoms with van der Waals surface area (Å²) >= 11 is 0. The van der Waals surface area contributed by atoms with Crippen molar-refractivity contribution in [3.63, 3.8) is 0 Å². The summed E-state index contributed by atoms with van der Waals surface area (Å²) in [5.74, 6) is -0.659. The van der Waals surface area contributed by atoms with Crippen LogP contribution < -0.4 is 11.5 Å². The fourth-order valence-corrected chi connectivity index (χ4v) is 0.593. The molecule has 0 spiro atoms. The Morgan fingerprint density at radius 1 is 1.50 bits per heavy atom. The third-order valence-electron chi connectivity index (χ3n) is 1.18. The fraction of sp³-hybridized carbons (Fsp3) is 0.667. The predicted octanol–water partition coefficient (Wildman–Crippen LogP) is -0.832. The van der Waals surface area contributed by atoms with Crippen LogP contribution in [0, 0.1) is 0 Å².